The molecule has 4 aliphatic heterocycles. The quantitative estimate of drug-likeness (QED) is 0.217. The van der Waals surface area contributed by atoms with Gasteiger partial charge in [0.2, 0.25) is 11.9 Å². The molecule has 0 bridgehead atoms. The SMILES string of the molecule is CNC(=O)c1cccc(-c2ccc3c(N4CCOC[C@@H]4C)nc(N4CCOC5C[C@@H]54)nc3n2)c1.CNC(=O)c1cccc(-c2ccc3c(N4CCOC[C@@H]4C)nc(N4CCOC5C[C@H]54)nc3n2)c1. The van der Waals surface area contributed by atoms with Crippen LogP contribution in [0.5, 0.6) is 0 Å². The molecule has 2 N–H and O–H groups in total. The lowest BCUT2D eigenvalue weighted by Crippen LogP contribution is -2.44. The van der Waals surface area contributed by atoms with Crippen LogP contribution in [-0.2, 0) is 18.9 Å². The van der Waals surface area contributed by atoms with Crippen molar-refractivity contribution in [3.8, 4) is 22.5 Å². The number of morpholine rings is 4. The number of aromatic nitrogens is 6. The third kappa shape index (κ3) is 8.61. The first-order chi connectivity index (χ1) is 33.2. The highest BCUT2D eigenvalue weighted by molar-refractivity contribution is 5.97. The largest absolute Gasteiger partial charge is 0.377 e. The number of rotatable bonds is 8. The maximum Gasteiger partial charge on any atom is 0.251 e. The summed E-state index contributed by atoms with van der Waals surface area (Å²) in [6.45, 7) is 11.5. The molecule has 18 heteroatoms. The summed E-state index contributed by atoms with van der Waals surface area (Å²) in [6.07, 6.45) is 2.60. The first-order valence-corrected chi connectivity index (χ1v) is 23.7. The third-order valence-corrected chi connectivity index (χ3v) is 13.7. The van der Waals surface area contributed by atoms with Gasteiger partial charge in [-0.25, -0.2) is 9.97 Å². The number of fused-ring (bicyclic) bond motifs is 4. The fourth-order valence-corrected chi connectivity index (χ4v) is 9.76. The predicted molar refractivity (Wildman–Crippen MR) is 259 cm³/mol. The molecular formula is C50H56N12O6. The van der Waals surface area contributed by atoms with Gasteiger partial charge in [-0.2, -0.15) is 19.9 Å². The van der Waals surface area contributed by atoms with Gasteiger partial charge in [0.05, 0.1) is 98.2 Å². The zero-order valence-corrected chi connectivity index (χ0v) is 38.8. The van der Waals surface area contributed by atoms with E-state index in [1.165, 1.54) is 0 Å². The summed E-state index contributed by atoms with van der Waals surface area (Å²) in [5, 5.41) is 7.20. The van der Waals surface area contributed by atoms with Crippen LogP contribution in [0.1, 0.15) is 47.4 Å². The molecule has 2 unspecified atom stereocenters. The second-order valence-electron chi connectivity index (χ2n) is 18.2. The Balaban J connectivity index is 0.000000149. The van der Waals surface area contributed by atoms with E-state index in [1.807, 2.05) is 60.7 Å². The second-order valence-corrected chi connectivity index (χ2v) is 18.2. The van der Waals surface area contributed by atoms with Crippen LogP contribution >= 0.6 is 0 Å². The van der Waals surface area contributed by atoms with E-state index in [4.69, 9.17) is 48.9 Å². The number of hydrogen-bond acceptors (Lipinski definition) is 16. The van der Waals surface area contributed by atoms with Gasteiger partial charge in [-0.3, -0.25) is 9.59 Å². The maximum absolute atomic E-state index is 12.1. The smallest absolute Gasteiger partial charge is 0.251 e. The lowest BCUT2D eigenvalue weighted by molar-refractivity contribution is 0.0955. The highest BCUT2D eigenvalue weighted by Gasteiger charge is 2.48. The van der Waals surface area contributed by atoms with E-state index < -0.39 is 0 Å². The average Bonchev–Trinajstić information content (AvgIpc) is 4.34. The number of ether oxygens (including phenoxy) is 4. The number of pyridine rings is 2. The number of nitrogens with zero attached hydrogens (tertiary/aromatic N) is 10. The molecular weight excluding hydrogens is 865 g/mol. The van der Waals surface area contributed by atoms with E-state index in [2.05, 4.69) is 44.1 Å². The maximum atomic E-state index is 12.1. The minimum absolute atomic E-state index is 0.123. The van der Waals surface area contributed by atoms with Crippen LogP contribution in [0.4, 0.5) is 23.5 Å². The predicted octanol–water partition coefficient (Wildman–Crippen LogP) is 4.51. The molecule has 4 aromatic heterocycles. The van der Waals surface area contributed by atoms with Crippen LogP contribution in [0.15, 0.2) is 72.8 Å². The van der Waals surface area contributed by atoms with E-state index in [9.17, 15) is 9.59 Å². The van der Waals surface area contributed by atoms with Crippen molar-refractivity contribution in [2.75, 3.05) is 99.5 Å². The summed E-state index contributed by atoms with van der Waals surface area (Å²) in [5.41, 5.74) is 5.80. The van der Waals surface area contributed by atoms with Gasteiger partial charge in [0.25, 0.3) is 11.8 Å². The van der Waals surface area contributed by atoms with Gasteiger partial charge >= 0.3 is 0 Å². The van der Waals surface area contributed by atoms with Crippen molar-refractivity contribution >= 4 is 57.4 Å². The van der Waals surface area contributed by atoms with Crippen LogP contribution in [0.25, 0.3) is 44.6 Å². The van der Waals surface area contributed by atoms with Crippen LogP contribution in [0, 0.1) is 0 Å². The molecule has 0 radical (unpaired) electrons. The minimum Gasteiger partial charge on any atom is -0.377 e. The molecule has 2 aromatic carbocycles. The standard InChI is InChI=1S/2C25H28N6O3/c2*1-15-14-33-10-8-30(15)23-18-6-7-19(16-4-3-5-17(12-16)24(32)26-2)27-22(18)28-25(29-23)31-9-11-34-21-13-20(21)31/h2*3-7,12,15,20-21H,8-11,13-14H2,1-2H3,(H,26,32)/t15-,20+,21?;15-,20-,21?/m00/s1. The number of hydrogen-bond donors (Lipinski definition) is 2. The minimum atomic E-state index is -0.123. The highest BCUT2D eigenvalue weighted by Crippen LogP contribution is 2.40. The van der Waals surface area contributed by atoms with Crippen LogP contribution in [0.3, 0.4) is 0 Å². The number of anilines is 4. The molecule has 6 aliphatic rings. The molecule has 2 amide bonds. The highest BCUT2D eigenvalue weighted by atomic mass is 16.5. The van der Waals surface area contributed by atoms with Crippen molar-refractivity contribution < 1.29 is 28.5 Å². The first kappa shape index (κ1) is 43.9. The van der Waals surface area contributed by atoms with Gasteiger partial charge in [-0.1, -0.05) is 24.3 Å². The Labute approximate surface area is 394 Å². The summed E-state index contributed by atoms with van der Waals surface area (Å²) in [6, 6.07) is 24.1. The molecule has 0 spiro atoms. The molecule has 6 aromatic rings. The normalized spacial score (nSPS) is 24.1. The van der Waals surface area contributed by atoms with E-state index >= 15 is 0 Å². The number of benzene rings is 2. The van der Waals surface area contributed by atoms with Crippen molar-refractivity contribution in [2.24, 2.45) is 0 Å². The zero-order valence-electron chi connectivity index (χ0n) is 38.8. The van der Waals surface area contributed by atoms with Crippen molar-refractivity contribution in [1.29, 1.82) is 0 Å². The lowest BCUT2D eigenvalue weighted by Gasteiger charge is -2.35. The first-order valence-electron chi connectivity index (χ1n) is 23.7. The number of carbonyl (C=O) groups excluding carboxylic acids is 2. The Morgan fingerprint density at radius 1 is 0.544 bits per heavy atom. The molecule has 6 atom stereocenters. The Morgan fingerprint density at radius 3 is 1.41 bits per heavy atom. The lowest BCUT2D eigenvalue weighted by atomic mass is 10.1. The van der Waals surface area contributed by atoms with Gasteiger partial charge in [0, 0.05) is 62.5 Å². The van der Waals surface area contributed by atoms with E-state index in [1.54, 1.807) is 26.2 Å². The summed E-state index contributed by atoms with van der Waals surface area (Å²) in [4.78, 5) is 63.3. The van der Waals surface area contributed by atoms with Gasteiger partial charge in [-0.15, -0.1) is 0 Å². The van der Waals surface area contributed by atoms with Gasteiger partial charge in [0.15, 0.2) is 11.3 Å². The molecule has 18 nitrogen and oxygen atoms in total. The third-order valence-electron chi connectivity index (χ3n) is 13.7. The Kier molecular flexibility index (Phi) is 11.9. The summed E-state index contributed by atoms with van der Waals surface area (Å²) < 4.78 is 22.9. The van der Waals surface area contributed by atoms with Crippen molar-refractivity contribution in [3.63, 3.8) is 0 Å². The van der Waals surface area contributed by atoms with Gasteiger partial charge in [-0.05, 0) is 75.2 Å². The molecule has 2 saturated carbocycles. The fourth-order valence-electron chi connectivity index (χ4n) is 9.76. The molecule has 2 aliphatic carbocycles. The van der Waals surface area contributed by atoms with E-state index in [-0.39, 0.29) is 36.1 Å². The number of amides is 2. The molecule has 352 valence electrons. The van der Waals surface area contributed by atoms with Crippen molar-refractivity contribution in [1.82, 2.24) is 40.5 Å². The molecule has 6 fully saturated rings. The Bertz CT molecular complexity index is 2690. The monoisotopic (exact) mass is 920 g/mol. The zero-order chi connectivity index (χ0) is 46.5. The molecule has 12 rings (SSSR count). The number of carbonyl (C=O) groups is 2. The van der Waals surface area contributed by atoms with Crippen LogP contribution in [0.2, 0.25) is 0 Å². The van der Waals surface area contributed by atoms with Crippen molar-refractivity contribution in [3.05, 3.63) is 83.9 Å². The molecule has 68 heavy (non-hydrogen) atoms. The molecule has 4 saturated heterocycles. The number of nitrogens with one attached hydrogen (secondary N) is 2. The van der Waals surface area contributed by atoms with E-state index in [0.29, 0.717) is 86.0 Å². The van der Waals surface area contributed by atoms with E-state index in [0.717, 1.165) is 83.9 Å². The Hall–Kier alpha value is -6.60. The average molecular weight is 921 g/mol. The summed E-state index contributed by atoms with van der Waals surface area (Å²) >= 11 is 0. The Morgan fingerprint density at radius 2 is 0.985 bits per heavy atom. The van der Waals surface area contributed by atoms with Gasteiger partial charge in [0.1, 0.15) is 11.6 Å². The van der Waals surface area contributed by atoms with Crippen LogP contribution < -0.4 is 30.2 Å². The van der Waals surface area contributed by atoms with Gasteiger partial charge < -0.3 is 49.2 Å². The summed E-state index contributed by atoms with van der Waals surface area (Å²) in [5.74, 6) is 2.97. The van der Waals surface area contributed by atoms with Crippen LogP contribution in [-0.4, -0.2) is 158 Å². The second kappa shape index (κ2) is 18.5. The summed E-state index contributed by atoms with van der Waals surface area (Å²) in [7, 11) is 3.26. The fraction of sp³-hybridized carbons (Fsp3) is 0.440. The van der Waals surface area contributed by atoms with Crippen molar-refractivity contribution in [2.45, 2.75) is 63.1 Å². The molecule has 8 heterocycles. The topological polar surface area (TPSA) is 185 Å².